The van der Waals surface area contributed by atoms with Gasteiger partial charge in [0.2, 0.25) is 11.8 Å². The molecule has 0 aliphatic heterocycles. The molecule has 6 heteroatoms. The fourth-order valence-electron chi connectivity index (χ4n) is 3.08. The molecule has 1 fully saturated rings. The molecule has 0 heterocycles. The molecule has 0 saturated heterocycles. The van der Waals surface area contributed by atoms with Gasteiger partial charge in [-0.05, 0) is 24.1 Å². The van der Waals surface area contributed by atoms with Gasteiger partial charge in [0, 0.05) is 13.6 Å². The zero-order chi connectivity index (χ0) is 19.4. The lowest BCUT2D eigenvalue weighted by Crippen LogP contribution is -2.29. The highest BCUT2D eigenvalue weighted by Gasteiger charge is 2.49. The molecule has 2 unspecified atom stereocenters. The minimum Gasteiger partial charge on any atom is -0.465 e. The summed E-state index contributed by atoms with van der Waals surface area (Å²) in [6, 6.07) is 16.4. The highest BCUT2D eigenvalue weighted by Crippen LogP contribution is 2.41. The summed E-state index contributed by atoms with van der Waals surface area (Å²) in [5.41, 5.74) is 1.73. The van der Waals surface area contributed by atoms with Gasteiger partial charge in [-0.2, -0.15) is 0 Å². The second kappa shape index (κ2) is 8.03. The number of methoxy groups -OCH3 is 1. The molecule has 0 spiro atoms. The van der Waals surface area contributed by atoms with Gasteiger partial charge in [-0.3, -0.25) is 9.59 Å². The van der Waals surface area contributed by atoms with Gasteiger partial charge in [0.25, 0.3) is 0 Å². The summed E-state index contributed by atoms with van der Waals surface area (Å²) in [4.78, 5) is 38.5. The van der Waals surface area contributed by atoms with E-state index in [2.05, 4.69) is 5.32 Å². The third-order valence-electron chi connectivity index (χ3n) is 4.67. The van der Waals surface area contributed by atoms with Crippen LogP contribution < -0.4 is 5.32 Å². The van der Waals surface area contributed by atoms with Crippen molar-refractivity contribution in [1.82, 2.24) is 4.90 Å². The molecule has 0 aromatic heterocycles. The zero-order valence-electron chi connectivity index (χ0n) is 15.3. The molecular formula is C21H22N2O4. The Hall–Kier alpha value is -3.15. The predicted octanol–water partition coefficient (Wildman–Crippen LogP) is 2.71. The Morgan fingerprint density at radius 3 is 2.41 bits per heavy atom. The van der Waals surface area contributed by atoms with Crippen molar-refractivity contribution < 1.29 is 19.1 Å². The summed E-state index contributed by atoms with van der Waals surface area (Å²) in [5, 5.41) is 2.75. The summed E-state index contributed by atoms with van der Waals surface area (Å²) >= 11 is 0. The van der Waals surface area contributed by atoms with Gasteiger partial charge < -0.3 is 15.0 Å². The molecule has 1 N–H and O–H groups in total. The van der Waals surface area contributed by atoms with Crippen LogP contribution in [0.2, 0.25) is 0 Å². The van der Waals surface area contributed by atoms with Crippen LogP contribution in [0.25, 0.3) is 0 Å². The van der Waals surface area contributed by atoms with Crippen LogP contribution in [0.5, 0.6) is 0 Å². The molecule has 1 aliphatic carbocycles. The van der Waals surface area contributed by atoms with E-state index in [1.54, 1.807) is 36.2 Å². The van der Waals surface area contributed by atoms with E-state index in [-0.39, 0.29) is 29.2 Å². The second-order valence-electron chi connectivity index (χ2n) is 6.66. The summed E-state index contributed by atoms with van der Waals surface area (Å²) in [6.07, 6.45) is 0.518. The Morgan fingerprint density at radius 2 is 1.70 bits per heavy atom. The standard InChI is InChI=1S/C21H22N2O4/c1-23(13-14-8-4-3-5-9-14)20(25)17-12-16(17)19(24)22-18-11-7-6-10-15(18)21(26)27-2/h3-11,16-17H,12-13H2,1-2H3,(H,22,24). The average molecular weight is 366 g/mol. The number of hydrogen-bond acceptors (Lipinski definition) is 4. The van der Waals surface area contributed by atoms with Crippen molar-refractivity contribution in [2.75, 3.05) is 19.5 Å². The average Bonchev–Trinajstić information content (AvgIpc) is 3.49. The molecule has 2 amide bonds. The van der Waals surface area contributed by atoms with E-state index in [1.807, 2.05) is 30.3 Å². The lowest BCUT2D eigenvalue weighted by atomic mass is 10.1. The van der Waals surface area contributed by atoms with E-state index in [1.165, 1.54) is 7.11 Å². The van der Waals surface area contributed by atoms with E-state index >= 15 is 0 Å². The van der Waals surface area contributed by atoms with E-state index in [0.717, 1.165) is 5.56 Å². The van der Waals surface area contributed by atoms with Gasteiger partial charge in [0.15, 0.2) is 0 Å². The van der Waals surface area contributed by atoms with Crippen molar-refractivity contribution in [2.45, 2.75) is 13.0 Å². The first-order chi connectivity index (χ1) is 13.0. The molecule has 2 aromatic carbocycles. The molecule has 0 bridgehead atoms. The molecule has 140 valence electrons. The molecule has 1 aliphatic rings. The summed E-state index contributed by atoms with van der Waals surface area (Å²) in [5.74, 6) is -1.50. The summed E-state index contributed by atoms with van der Waals surface area (Å²) in [7, 11) is 3.04. The smallest absolute Gasteiger partial charge is 0.339 e. The highest BCUT2D eigenvalue weighted by atomic mass is 16.5. The van der Waals surface area contributed by atoms with Crippen LogP contribution in [-0.4, -0.2) is 36.8 Å². The van der Waals surface area contributed by atoms with Crippen LogP contribution in [0.3, 0.4) is 0 Å². The van der Waals surface area contributed by atoms with Crippen LogP contribution in [0.4, 0.5) is 5.69 Å². The maximum absolute atomic E-state index is 12.6. The van der Waals surface area contributed by atoms with Gasteiger partial charge in [0.05, 0.1) is 30.2 Å². The van der Waals surface area contributed by atoms with Crippen LogP contribution in [-0.2, 0) is 20.9 Å². The Balaban J connectivity index is 1.59. The predicted molar refractivity (Wildman–Crippen MR) is 101 cm³/mol. The van der Waals surface area contributed by atoms with Crippen molar-refractivity contribution in [3.05, 3.63) is 65.7 Å². The maximum atomic E-state index is 12.6. The number of anilines is 1. The number of nitrogens with zero attached hydrogens (tertiary/aromatic N) is 1. The third kappa shape index (κ3) is 4.34. The Kier molecular flexibility index (Phi) is 5.54. The molecule has 2 aromatic rings. The number of carbonyl (C=O) groups excluding carboxylic acids is 3. The van der Waals surface area contributed by atoms with Crippen molar-refractivity contribution in [3.8, 4) is 0 Å². The first-order valence-corrected chi connectivity index (χ1v) is 8.78. The third-order valence-corrected chi connectivity index (χ3v) is 4.67. The van der Waals surface area contributed by atoms with Gasteiger partial charge in [-0.15, -0.1) is 0 Å². The van der Waals surface area contributed by atoms with Crippen molar-refractivity contribution in [1.29, 1.82) is 0 Å². The number of hydrogen-bond donors (Lipinski definition) is 1. The first-order valence-electron chi connectivity index (χ1n) is 8.78. The molecule has 1 saturated carbocycles. The molecule has 2 atom stereocenters. The fraction of sp³-hybridized carbons (Fsp3) is 0.286. The molecular weight excluding hydrogens is 344 g/mol. The second-order valence-corrected chi connectivity index (χ2v) is 6.66. The Labute approximate surface area is 158 Å². The molecule has 27 heavy (non-hydrogen) atoms. The van der Waals surface area contributed by atoms with Crippen LogP contribution in [0, 0.1) is 11.8 Å². The van der Waals surface area contributed by atoms with Crippen LogP contribution in [0.1, 0.15) is 22.3 Å². The normalized spacial score (nSPS) is 17.7. The zero-order valence-corrected chi connectivity index (χ0v) is 15.3. The Bertz CT molecular complexity index is 850. The van der Waals surface area contributed by atoms with Gasteiger partial charge in [-0.25, -0.2) is 4.79 Å². The Morgan fingerprint density at radius 1 is 1.04 bits per heavy atom. The number of benzene rings is 2. The van der Waals surface area contributed by atoms with Crippen molar-refractivity contribution in [2.24, 2.45) is 11.8 Å². The number of nitrogens with one attached hydrogen (secondary N) is 1. The quantitative estimate of drug-likeness (QED) is 0.798. The number of para-hydroxylation sites is 1. The molecule has 3 rings (SSSR count). The lowest BCUT2D eigenvalue weighted by Gasteiger charge is -2.17. The van der Waals surface area contributed by atoms with E-state index in [0.29, 0.717) is 18.7 Å². The largest absolute Gasteiger partial charge is 0.465 e. The van der Waals surface area contributed by atoms with Gasteiger partial charge in [0.1, 0.15) is 0 Å². The lowest BCUT2D eigenvalue weighted by molar-refractivity contribution is -0.133. The molecule has 0 radical (unpaired) electrons. The van der Waals surface area contributed by atoms with Crippen LogP contribution in [0.15, 0.2) is 54.6 Å². The van der Waals surface area contributed by atoms with E-state index < -0.39 is 5.97 Å². The number of esters is 1. The number of amides is 2. The summed E-state index contributed by atoms with van der Waals surface area (Å²) in [6.45, 7) is 0.510. The molecule has 6 nitrogen and oxygen atoms in total. The van der Waals surface area contributed by atoms with Crippen LogP contribution >= 0.6 is 0 Å². The van der Waals surface area contributed by atoms with Crippen molar-refractivity contribution >= 4 is 23.5 Å². The highest BCUT2D eigenvalue weighted by molar-refractivity contribution is 6.04. The number of carbonyl (C=O) groups is 3. The maximum Gasteiger partial charge on any atom is 0.339 e. The summed E-state index contributed by atoms with van der Waals surface area (Å²) < 4.78 is 4.73. The number of ether oxygens (including phenoxy) is 1. The fourth-order valence-corrected chi connectivity index (χ4v) is 3.08. The topological polar surface area (TPSA) is 75.7 Å². The minimum absolute atomic E-state index is 0.0414. The monoisotopic (exact) mass is 366 g/mol. The van der Waals surface area contributed by atoms with E-state index in [9.17, 15) is 14.4 Å². The van der Waals surface area contributed by atoms with Gasteiger partial charge in [-0.1, -0.05) is 42.5 Å². The van der Waals surface area contributed by atoms with Gasteiger partial charge >= 0.3 is 5.97 Å². The number of rotatable bonds is 6. The first kappa shape index (κ1) is 18.6. The minimum atomic E-state index is -0.517. The van der Waals surface area contributed by atoms with E-state index in [4.69, 9.17) is 4.74 Å². The SMILES string of the molecule is COC(=O)c1ccccc1NC(=O)C1CC1C(=O)N(C)Cc1ccccc1. The van der Waals surface area contributed by atoms with Crippen molar-refractivity contribution in [3.63, 3.8) is 0 Å².